The molecule has 9 heteroatoms. The molecule has 4 rings (SSSR count). The van der Waals surface area contributed by atoms with Crippen molar-refractivity contribution < 1.29 is 9.13 Å². The Morgan fingerprint density at radius 3 is 2.56 bits per heavy atom. The van der Waals surface area contributed by atoms with Crippen molar-refractivity contribution >= 4 is 11.2 Å². The topological polar surface area (TPSA) is 108 Å². The van der Waals surface area contributed by atoms with Crippen LogP contribution in [-0.2, 0) is 0 Å². The van der Waals surface area contributed by atoms with Gasteiger partial charge in [-0.25, -0.2) is 9.18 Å². The van der Waals surface area contributed by atoms with E-state index < -0.39 is 17.1 Å². The second-order valence-electron chi connectivity index (χ2n) is 7.58. The lowest BCUT2D eigenvalue weighted by atomic mass is 10.0. The zero-order valence-corrected chi connectivity index (χ0v) is 15.4. The molecule has 3 heterocycles. The van der Waals surface area contributed by atoms with E-state index in [0.29, 0.717) is 28.8 Å². The summed E-state index contributed by atoms with van der Waals surface area (Å²) in [6.45, 7) is 3.17. The van der Waals surface area contributed by atoms with Crippen molar-refractivity contribution in [1.82, 2.24) is 9.08 Å². The molecule has 27 heavy (non-hydrogen) atoms. The fourth-order valence-electron chi connectivity index (χ4n) is 4.05. The number of anilines is 1. The highest BCUT2D eigenvalue weighted by molar-refractivity contribution is 5.78. The predicted octanol–water partition coefficient (Wildman–Crippen LogP) is 0.374. The van der Waals surface area contributed by atoms with E-state index >= 15 is 4.39 Å². The van der Waals surface area contributed by atoms with Crippen LogP contribution >= 0.6 is 0 Å². The van der Waals surface area contributed by atoms with Gasteiger partial charge < -0.3 is 21.2 Å². The maximum atomic E-state index is 15.1. The number of nitrogen functional groups attached to an aromatic ring is 1. The third-order valence-corrected chi connectivity index (χ3v) is 5.73. The van der Waals surface area contributed by atoms with Crippen LogP contribution in [0.4, 0.5) is 10.1 Å². The first-order valence-corrected chi connectivity index (χ1v) is 9.18. The summed E-state index contributed by atoms with van der Waals surface area (Å²) in [6.07, 6.45) is 3.60. The maximum absolute atomic E-state index is 15.1. The highest BCUT2D eigenvalue weighted by Crippen LogP contribution is 2.45. The largest absolute Gasteiger partial charge is 0.492 e. The van der Waals surface area contributed by atoms with E-state index in [-0.39, 0.29) is 29.3 Å². The van der Waals surface area contributed by atoms with E-state index in [9.17, 15) is 9.59 Å². The molecule has 4 N–H and O–H groups in total. The molecule has 8 nitrogen and oxygen atoms in total. The molecule has 146 valence electrons. The van der Waals surface area contributed by atoms with Gasteiger partial charge >= 0.3 is 5.69 Å². The number of fused-ring (bicyclic) bond motifs is 1. The van der Waals surface area contributed by atoms with E-state index in [2.05, 4.69) is 0 Å². The lowest BCUT2D eigenvalue weighted by Crippen LogP contribution is -2.44. The van der Waals surface area contributed by atoms with Crippen LogP contribution in [0.15, 0.2) is 15.8 Å². The summed E-state index contributed by atoms with van der Waals surface area (Å²) in [5.41, 5.74) is 5.68. The molecule has 0 amide bonds. The molecular weight excluding hydrogens is 353 g/mol. The predicted molar refractivity (Wildman–Crippen MR) is 101 cm³/mol. The van der Waals surface area contributed by atoms with E-state index in [1.165, 1.54) is 7.11 Å². The van der Waals surface area contributed by atoms with Crippen molar-refractivity contribution in [3.63, 3.8) is 0 Å². The number of hydrogen-bond donors (Lipinski definition) is 2. The molecule has 2 aliphatic rings. The molecule has 2 aromatic rings. The van der Waals surface area contributed by atoms with Gasteiger partial charge in [0, 0.05) is 19.1 Å². The Kier molecular flexibility index (Phi) is 4.14. The average Bonchev–Trinajstić information content (AvgIpc) is 3.35. The lowest BCUT2D eigenvalue weighted by Gasteiger charge is -2.24. The summed E-state index contributed by atoms with van der Waals surface area (Å²) in [4.78, 5) is 27.0. The summed E-state index contributed by atoms with van der Waals surface area (Å²) in [7, 11) is 1.42. The number of methoxy groups -OCH3 is 1. The summed E-state index contributed by atoms with van der Waals surface area (Å²) < 4.78 is 22.3. The second-order valence-corrected chi connectivity index (χ2v) is 7.58. The number of nitrogens with zero attached hydrogens (tertiary/aromatic N) is 3. The molecule has 1 aliphatic carbocycles. The Morgan fingerprint density at radius 1 is 1.30 bits per heavy atom. The van der Waals surface area contributed by atoms with Crippen LogP contribution in [0, 0.1) is 11.7 Å². The van der Waals surface area contributed by atoms with Crippen molar-refractivity contribution in [2.45, 2.75) is 38.1 Å². The monoisotopic (exact) mass is 377 g/mol. The van der Waals surface area contributed by atoms with Gasteiger partial charge in [-0.15, -0.1) is 0 Å². The van der Waals surface area contributed by atoms with Gasteiger partial charge in [0.15, 0.2) is 11.6 Å². The number of rotatable bonds is 4. The SMILES string of the molecule is COc1c(N2CC[C@H]([C@@H](C)N)C2)c(F)cn2c(=O)n(N)c(=O)c(C3CC3)c12. The molecule has 0 bridgehead atoms. The minimum absolute atomic E-state index is 0.00130. The minimum Gasteiger partial charge on any atom is -0.492 e. The van der Waals surface area contributed by atoms with Crippen LogP contribution in [0.3, 0.4) is 0 Å². The summed E-state index contributed by atoms with van der Waals surface area (Å²) >= 11 is 0. The number of hydrogen-bond acceptors (Lipinski definition) is 6. The molecule has 1 saturated carbocycles. The van der Waals surface area contributed by atoms with Gasteiger partial charge in [0.1, 0.15) is 11.2 Å². The smallest absolute Gasteiger partial charge is 0.354 e. The van der Waals surface area contributed by atoms with Crippen molar-refractivity contribution in [1.29, 1.82) is 0 Å². The summed E-state index contributed by atoms with van der Waals surface area (Å²) in [5.74, 6) is 5.51. The quantitative estimate of drug-likeness (QED) is 0.746. The summed E-state index contributed by atoms with van der Waals surface area (Å²) in [5, 5.41) is 0. The van der Waals surface area contributed by atoms with Crippen molar-refractivity contribution in [3.05, 3.63) is 38.4 Å². The normalized spacial score (nSPS) is 21.0. The molecule has 1 aliphatic heterocycles. The minimum atomic E-state index is -0.793. The molecule has 0 radical (unpaired) electrons. The summed E-state index contributed by atoms with van der Waals surface area (Å²) in [6, 6.07) is -0.00130. The average molecular weight is 377 g/mol. The molecule has 2 aromatic heterocycles. The van der Waals surface area contributed by atoms with Gasteiger partial charge in [0.05, 0.1) is 18.9 Å². The molecule has 0 unspecified atom stereocenters. The maximum Gasteiger partial charge on any atom is 0.354 e. The van der Waals surface area contributed by atoms with Crippen LogP contribution in [0.25, 0.3) is 5.52 Å². The van der Waals surface area contributed by atoms with E-state index in [0.717, 1.165) is 29.9 Å². The lowest BCUT2D eigenvalue weighted by molar-refractivity contribution is 0.412. The van der Waals surface area contributed by atoms with Gasteiger partial charge in [-0.05, 0) is 38.0 Å². The molecule has 1 saturated heterocycles. The number of aromatic nitrogens is 2. The Bertz CT molecular complexity index is 1020. The molecule has 2 fully saturated rings. The third kappa shape index (κ3) is 2.68. The highest BCUT2D eigenvalue weighted by atomic mass is 19.1. The van der Waals surface area contributed by atoms with Gasteiger partial charge in [0.2, 0.25) is 0 Å². The van der Waals surface area contributed by atoms with Gasteiger partial charge in [-0.1, -0.05) is 0 Å². The Balaban J connectivity index is 2.01. The highest BCUT2D eigenvalue weighted by Gasteiger charge is 2.35. The van der Waals surface area contributed by atoms with Gasteiger partial charge in [0.25, 0.3) is 5.56 Å². The Morgan fingerprint density at radius 2 is 2.00 bits per heavy atom. The third-order valence-electron chi connectivity index (χ3n) is 5.73. The number of halogens is 1. The zero-order valence-electron chi connectivity index (χ0n) is 15.4. The van der Waals surface area contributed by atoms with Gasteiger partial charge in [-0.3, -0.25) is 9.20 Å². The van der Waals surface area contributed by atoms with Crippen LogP contribution in [0.2, 0.25) is 0 Å². The first-order chi connectivity index (χ1) is 12.8. The standard InChI is InChI=1S/C18H24FN5O3/c1-9(20)11-5-6-22(7-11)14-12(19)8-23-15(16(14)27-2)13(10-3-4-10)17(25)24(21)18(23)26/h8-11H,3-7,20-21H2,1-2H3/t9-,11+/m1/s1. The Labute approximate surface area is 155 Å². The van der Waals surface area contributed by atoms with Crippen LogP contribution < -0.4 is 32.5 Å². The Hall–Kier alpha value is -2.55. The second kappa shape index (κ2) is 6.26. The van der Waals surface area contributed by atoms with Crippen molar-refractivity contribution in [2.75, 3.05) is 30.9 Å². The molecular formula is C18H24FN5O3. The van der Waals surface area contributed by atoms with Crippen LogP contribution in [0.1, 0.15) is 37.7 Å². The fraction of sp³-hybridized carbons (Fsp3) is 0.556. The van der Waals surface area contributed by atoms with Crippen molar-refractivity contribution in [2.24, 2.45) is 11.7 Å². The van der Waals surface area contributed by atoms with E-state index in [4.69, 9.17) is 16.3 Å². The molecule has 2 atom stereocenters. The van der Waals surface area contributed by atoms with E-state index in [1.54, 1.807) is 0 Å². The number of nitrogens with two attached hydrogens (primary N) is 2. The van der Waals surface area contributed by atoms with E-state index in [1.807, 2.05) is 11.8 Å². The van der Waals surface area contributed by atoms with Crippen LogP contribution in [0.5, 0.6) is 5.75 Å². The molecule has 0 aromatic carbocycles. The fourth-order valence-corrected chi connectivity index (χ4v) is 4.05. The van der Waals surface area contributed by atoms with Crippen molar-refractivity contribution in [3.8, 4) is 5.75 Å². The number of ether oxygens (including phenoxy) is 1. The van der Waals surface area contributed by atoms with Gasteiger partial charge in [-0.2, -0.15) is 4.68 Å². The number of pyridine rings is 1. The first-order valence-electron chi connectivity index (χ1n) is 9.18. The molecule has 0 spiro atoms. The zero-order chi connectivity index (χ0) is 19.5. The van der Waals surface area contributed by atoms with Crippen LogP contribution in [-0.4, -0.2) is 35.3 Å². The first kappa shape index (κ1) is 17.8.